The lowest BCUT2D eigenvalue weighted by atomic mass is 9.88. The molecule has 0 radical (unpaired) electrons. The quantitative estimate of drug-likeness (QED) is 0.423. The molecule has 1 unspecified atom stereocenters. The molecule has 2 aromatic carbocycles. The minimum absolute atomic E-state index is 0.124. The van der Waals surface area contributed by atoms with Gasteiger partial charge in [-0.2, -0.15) is 5.10 Å². The lowest BCUT2D eigenvalue weighted by Gasteiger charge is -2.21. The second-order valence-corrected chi connectivity index (χ2v) is 8.64. The molecule has 0 aliphatic carbocycles. The highest BCUT2D eigenvalue weighted by Gasteiger charge is 2.26. The SMILES string of the molecule is COc1ccc([C@@H](c2ccn(C)n2)c2nc(NC3CCOC3)cc3cc(C(N)=O)ccc23)cc1F. The molecule has 1 aliphatic rings. The number of pyridine rings is 1. The molecule has 180 valence electrons. The lowest BCUT2D eigenvalue weighted by molar-refractivity contribution is 0.100. The van der Waals surface area contributed by atoms with Gasteiger partial charge in [-0.1, -0.05) is 12.1 Å². The summed E-state index contributed by atoms with van der Waals surface area (Å²) in [6, 6.07) is 14.0. The molecule has 35 heavy (non-hydrogen) atoms. The predicted molar refractivity (Wildman–Crippen MR) is 130 cm³/mol. The summed E-state index contributed by atoms with van der Waals surface area (Å²) < 4.78 is 27.1. The van der Waals surface area contributed by atoms with Crippen LogP contribution in [-0.2, 0) is 11.8 Å². The summed E-state index contributed by atoms with van der Waals surface area (Å²) in [5.74, 6) is -0.653. The zero-order valence-corrected chi connectivity index (χ0v) is 19.5. The molecule has 0 bridgehead atoms. The molecule has 1 saturated heterocycles. The molecule has 9 heteroatoms. The first-order valence-electron chi connectivity index (χ1n) is 11.3. The van der Waals surface area contributed by atoms with Crippen molar-refractivity contribution >= 4 is 22.5 Å². The Balaban J connectivity index is 1.73. The van der Waals surface area contributed by atoms with Crippen LogP contribution in [0.1, 0.15) is 39.6 Å². The third kappa shape index (κ3) is 4.54. The van der Waals surface area contributed by atoms with Gasteiger partial charge in [0.25, 0.3) is 0 Å². The fourth-order valence-corrected chi connectivity index (χ4v) is 4.51. The van der Waals surface area contributed by atoms with Crippen molar-refractivity contribution in [2.45, 2.75) is 18.4 Å². The number of nitrogens with one attached hydrogen (secondary N) is 1. The van der Waals surface area contributed by atoms with Gasteiger partial charge in [-0.15, -0.1) is 0 Å². The second kappa shape index (κ2) is 9.34. The topological polar surface area (TPSA) is 104 Å². The van der Waals surface area contributed by atoms with Crippen molar-refractivity contribution in [1.82, 2.24) is 14.8 Å². The molecule has 0 saturated carbocycles. The van der Waals surface area contributed by atoms with Gasteiger partial charge < -0.3 is 20.5 Å². The van der Waals surface area contributed by atoms with E-state index in [0.717, 1.165) is 17.2 Å². The number of aryl methyl sites for hydroxylation is 1. The number of anilines is 1. The number of primary amides is 1. The van der Waals surface area contributed by atoms with Crippen molar-refractivity contribution in [2.24, 2.45) is 12.8 Å². The normalized spacial score (nSPS) is 16.4. The lowest BCUT2D eigenvalue weighted by Crippen LogP contribution is -2.20. The van der Waals surface area contributed by atoms with Crippen LogP contribution in [0.4, 0.5) is 10.2 Å². The third-order valence-corrected chi connectivity index (χ3v) is 6.24. The summed E-state index contributed by atoms with van der Waals surface area (Å²) in [7, 11) is 3.26. The zero-order valence-electron chi connectivity index (χ0n) is 19.5. The van der Waals surface area contributed by atoms with Gasteiger partial charge in [0.15, 0.2) is 11.6 Å². The van der Waals surface area contributed by atoms with Crippen LogP contribution in [0.3, 0.4) is 0 Å². The summed E-state index contributed by atoms with van der Waals surface area (Å²) in [4.78, 5) is 16.9. The maximum Gasteiger partial charge on any atom is 0.248 e. The van der Waals surface area contributed by atoms with Crippen LogP contribution in [-0.4, -0.2) is 47.0 Å². The van der Waals surface area contributed by atoms with Gasteiger partial charge in [-0.25, -0.2) is 9.37 Å². The largest absolute Gasteiger partial charge is 0.494 e. The number of nitrogens with two attached hydrogens (primary N) is 1. The van der Waals surface area contributed by atoms with E-state index in [-0.39, 0.29) is 11.8 Å². The zero-order chi connectivity index (χ0) is 24.5. The Morgan fingerprint density at radius 1 is 1.26 bits per heavy atom. The Morgan fingerprint density at radius 3 is 2.77 bits per heavy atom. The number of carbonyl (C=O) groups is 1. The Morgan fingerprint density at radius 2 is 2.11 bits per heavy atom. The number of nitrogens with zero attached hydrogens (tertiary/aromatic N) is 3. The minimum atomic E-state index is -0.512. The monoisotopic (exact) mass is 475 g/mol. The first-order chi connectivity index (χ1) is 16.9. The van der Waals surface area contributed by atoms with Crippen LogP contribution in [0.15, 0.2) is 54.7 Å². The van der Waals surface area contributed by atoms with E-state index in [1.54, 1.807) is 22.9 Å². The Labute approximate surface area is 201 Å². The predicted octanol–water partition coefficient (Wildman–Crippen LogP) is 3.60. The van der Waals surface area contributed by atoms with Gasteiger partial charge >= 0.3 is 0 Å². The number of methoxy groups -OCH3 is 1. The van der Waals surface area contributed by atoms with Crippen LogP contribution in [0.5, 0.6) is 5.75 Å². The molecule has 3 N–H and O–H groups in total. The van der Waals surface area contributed by atoms with Crippen molar-refractivity contribution in [3.8, 4) is 5.75 Å². The van der Waals surface area contributed by atoms with Crippen LogP contribution in [0.25, 0.3) is 10.8 Å². The number of rotatable bonds is 7. The van der Waals surface area contributed by atoms with E-state index in [1.165, 1.54) is 13.2 Å². The molecular formula is C26H26FN5O3. The van der Waals surface area contributed by atoms with Gasteiger partial charge in [0.1, 0.15) is 5.82 Å². The minimum Gasteiger partial charge on any atom is -0.494 e. The first kappa shape index (κ1) is 22.8. The van der Waals surface area contributed by atoms with Crippen molar-refractivity contribution in [1.29, 1.82) is 0 Å². The summed E-state index contributed by atoms with van der Waals surface area (Å²) >= 11 is 0. The first-order valence-corrected chi connectivity index (χ1v) is 11.3. The van der Waals surface area contributed by atoms with Gasteiger partial charge in [0.2, 0.25) is 5.91 Å². The van der Waals surface area contributed by atoms with Gasteiger partial charge in [-0.3, -0.25) is 9.48 Å². The molecule has 0 spiro atoms. The van der Waals surface area contributed by atoms with E-state index in [9.17, 15) is 9.18 Å². The van der Waals surface area contributed by atoms with Crippen LogP contribution in [0.2, 0.25) is 0 Å². The van der Waals surface area contributed by atoms with Crippen molar-refractivity contribution in [2.75, 3.05) is 25.6 Å². The van der Waals surface area contributed by atoms with Gasteiger partial charge in [-0.05, 0) is 53.8 Å². The molecular weight excluding hydrogens is 449 g/mol. The van der Waals surface area contributed by atoms with E-state index >= 15 is 0 Å². The fourth-order valence-electron chi connectivity index (χ4n) is 4.51. The van der Waals surface area contributed by atoms with Crippen LogP contribution in [0, 0.1) is 5.82 Å². The van der Waals surface area contributed by atoms with Gasteiger partial charge in [0, 0.05) is 30.8 Å². The highest BCUT2D eigenvalue weighted by atomic mass is 19.1. The van der Waals surface area contributed by atoms with Crippen molar-refractivity contribution in [3.63, 3.8) is 0 Å². The van der Waals surface area contributed by atoms with Crippen LogP contribution >= 0.6 is 0 Å². The highest BCUT2D eigenvalue weighted by molar-refractivity contribution is 5.99. The maximum atomic E-state index is 14.8. The summed E-state index contributed by atoms with van der Waals surface area (Å²) in [6.07, 6.45) is 2.71. The summed E-state index contributed by atoms with van der Waals surface area (Å²) in [5.41, 5.74) is 8.02. The molecule has 1 fully saturated rings. The van der Waals surface area contributed by atoms with E-state index in [1.807, 2.05) is 37.5 Å². The Bertz CT molecular complexity index is 1400. The van der Waals surface area contributed by atoms with Crippen molar-refractivity contribution in [3.05, 3.63) is 83.1 Å². The molecule has 1 amide bonds. The second-order valence-electron chi connectivity index (χ2n) is 8.64. The number of amides is 1. The number of fused-ring (bicyclic) bond motifs is 1. The number of hydrogen-bond donors (Lipinski definition) is 2. The number of ether oxygens (including phenoxy) is 2. The van der Waals surface area contributed by atoms with E-state index in [0.29, 0.717) is 41.5 Å². The average molecular weight is 476 g/mol. The molecule has 3 heterocycles. The van der Waals surface area contributed by atoms with Gasteiger partial charge in [0.05, 0.1) is 37.1 Å². The average Bonchev–Trinajstić information content (AvgIpc) is 3.51. The maximum absolute atomic E-state index is 14.8. The third-order valence-electron chi connectivity index (χ3n) is 6.24. The molecule has 5 rings (SSSR count). The molecule has 8 nitrogen and oxygen atoms in total. The Kier molecular flexibility index (Phi) is 6.08. The smallest absolute Gasteiger partial charge is 0.248 e. The van der Waals surface area contributed by atoms with Crippen molar-refractivity contribution < 1.29 is 18.7 Å². The summed E-state index contributed by atoms with van der Waals surface area (Å²) in [6.45, 7) is 1.27. The standard InChI is InChI=1S/C26H26FN5O3/c1-32-9-7-21(31-32)24(15-4-6-22(34-2)20(27)12-15)25-19-5-3-16(26(28)33)11-17(19)13-23(30-25)29-18-8-10-35-14-18/h3-7,9,11-13,18,24H,8,10,14H2,1-2H3,(H2,28,33)(H,29,30)/t18?,24-/m0/s1. The van der Waals surface area contributed by atoms with E-state index < -0.39 is 17.6 Å². The Hall–Kier alpha value is -3.98. The summed E-state index contributed by atoms with van der Waals surface area (Å²) in [5, 5.41) is 9.68. The van der Waals surface area contributed by atoms with E-state index in [4.69, 9.17) is 20.2 Å². The number of halogens is 1. The number of aromatic nitrogens is 3. The molecule has 2 atom stereocenters. The molecule has 1 aliphatic heterocycles. The number of carbonyl (C=O) groups excluding carboxylic acids is 1. The van der Waals surface area contributed by atoms with Crippen LogP contribution < -0.4 is 15.8 Å². The number of hydrogen-bond acceptors (Lipinski definition) is 6. The fraction of sp³-hybridized carbons (Fsp3) is 0.269. The number of benzene rings is 2. The van der Waals surface area contributed by atoms with E-state index in [2.05, 4.69) is 10.4 Å². The molecule has 2 aromatic heterocycles. The molecule has 4 aromatic rings. The highest BCUT2D eigenvalue weighted by Crippen LogP contribution is 2.37.